The van der Waals surface area contributed by atoms with Crippen LogP contribution in [0.4, 0.5) is 5.69 Å². The number of carbonyl (C=O) groups is 2. The van der Waals surface area contributed by atoms with Crippen molar-refractivity contribution in [1.82, 2.24) is 0 Å². The molecular formula is C19H18N2O4S. The number of nitrogens with one attached hydrogen (secondary N) is 1. The summed E-state index contributed by atoms with van der Waals surface area (Å²) in [5.41, 5.74) is 1.91. The van der Waals surface area contributed by atoms with E-state index in [1.165, 1.54) is 13.0 Å². The molecule has 0 aliphatic rings. The number of rotatable bonds is 6. The van der Waals surface area contributed by atoms with Gasteiger partial charge in [-0.3, -0.25) is 9.00 Å². The molecule has 0 spiro atoms. The summed E-state index contributed by atoms with van der Waals surface area (Å²) >= 11 is 0. The number of nitrogens with zero attached hydrogens (tertiary/aromatic N) is 1. The van der Waals surface area contributed by atoms with Gasteiger partial charge in [0.15, 0.2) is 6.10 Å². The van der Waals surface area contributed by atoms with Gasteiger partial charge in [0, 0.05) is 28.5 Å². The average molecular weight is 370 g/mol. The Morgan fingerprint density at radius 1 is 1.23 bits per heavy atom. The maximum Gasteiger partial charge on any atom is 0.338 e. The highest BCUT2D eigenvalue weighted by Gasteiger charge is 2.19. The molecule has 7 heteroatoms. The van der Waals surface area contributed by atoms with Gasteiger partial charge in [0.1, 0.15) is 0 Å². The molecule has 0 fully saturated rings. The van der Waals surface area contributed by atoms with E-state index in [9.17, 15) is 13.8 Å². The Morgan fingerprint density at radius 3 is 2.65 bits per heavy atom. The fourth-order valence-electron chi connectivity index (χ4n) is 2.22. The van der Waals surface area contributed by atoms with E-state index in [4.69, 9.17) is 10.00 Å². The molecule has 6 nitrogen and oxygen atoms in total. The van der Waals surface area contributed by atoms with Crippen molar-refractivity contribution in [1.29, 1.82) is 5.26 Å². The van der Waals surface area contributed by atoms with E-state index in [1.807, 2.05) is 6.07 Å². The lowest BCUT2D eigenvalue weighted by atomic mass is 10.1. The number of hydrogen-bond donors (Lipinski definition) is 1. The molecule has 2 rings (SSSR count). The van der Waals surface area contributed by atoms with E-state index >= 15 is 0 Å². The van der Waals surface area contributed by atoms with Crippen molar-refractivity contribution in [3.8, 4) is 6.07 Å². The molecule has 0 aromatic heterocycles. The lowest BCUT2D eigenvalue weighted by molar-refractivity contribution is -0.123. The van der Waals surface area contributed by atoms with Crippen molar-refractivity contribution >= 4 is 28.4 Å². The molecule has 2 aromatic rings. The van der Waals surface area contributed by atoms with E-state index in [0.29, 0.717) is 22.6 Å². The van der Waals surface area contributed by atoms with Crippen LogP contribution in [0.25, 0.3) is 0 Å². The zero-order valence-electron chi connectivity index (χ0n) is 14.4. The lowest BCUT2D eigenvalue weighted by Gasteiger charge is -2.14. The summed E-state index contributed by atoms with van der Waals surface area (Å²) in [5.74, 6) is -0.798. The Balaban J connectivity index is 2.00. The number of carbonyl (C=O) groups excluding carboxylic acids is 2. The number of nitriles is 1. The third kappa shape index (κ3) is 5.53. The molecule has 2 aromatic carbocycles. The van der Waals surface area contributed by atoms with Gasteiger partial charge in [-0.25, -0.2) is 4.79 Å². The third-order valence-electron chi connectivity index (χ3n) is 3.44. The maximum atomic E-state index is 12.2. The van der Waals surface area contributed by atoms with Crippen LogP contribution in [0, 0.1) is 11.3 Å². The minimum absolute atomic E-state index is 0.291. The molecule has 0 heterocycles. The normalized spacial score (nSPS) is 12.5. The van der Waals surface area contributed by atoms with Crippen molar-refractivity contribution < 1.29 is 18.5 Å². The summed E-state index contributed by atoms with van der Waals surface area (Å²) in [5, 5.41) is 11.5. The van der Waals surface area contributed by atoms with Crippen molar-refractivity contribution in [2.75, 3.05) is 11.6 Å². The van der Waals surface area contributed by atoms with Gasteiger partial charge in [-0.2, -0.15) is 5.26 Å². The maximum absolute atomic E-state index is 12.2. The monoisotopic (exact) mass is 370 g/mol. The lowest BCUT2D eigenvalue weighted by Crippen LogP contribution is -2.30. The molecule has 1 N–H and O–H groups in total. The molecule has 0 aliphatic heterocycles. The first-order valence-electron chi connectivity index (χ1n) is 7.80. The Bertz CT molecular complexity index is 889. The third-order valence-corrected chi connectivity index (χ3v) is 4.18. The Kier molecular flexibility index (Phi) is 6.64. The van der Waals surface area contributed by atoms with Gasteiger partial charge in [0.2, 0.25) is 0 Å². The van der Waals surface area contributed by atoms with Crippen LogP contribution in [0.2, 0.25) is 0 Å². The van der Waals surface area contributed by atoms with Crippen LogP contribution < -0.4 is 5.32 Å². The van der Waals surface area contributed by atoms with Gasteiger partial charge in [-0.1, -0.05) is 18.2 Å². The molecule has 0 radical (unpaired) electrons. The minimum atomic E-state index is -1.02. The fraction of sp³-hybridized carbons (Fsp3) is 0.211. The molecule has 0 bridgehead atoms. The van der Waals surface area contributed by atoms with Crippen LogP contribution >= 0.6 is 0 Å². The number of ether oxygens (including phenoxy) is 1. The van der Waals surface area contributed by atoms with Gasteiger partial charge in [0.25, 0.3) is 5.91 Å². The van der Waals surface area contributed by atoms with Crippen LogP contribution in [0.15, 0.2) is 48.5 Å². The Labute approximate surface area is 154 Å². The standard InChI is InChI=1S/C19H18N2O4S/c1-13(18(22)21-17-8-4-5-14(10-17)11-20)25-19(23)16-7-3-6-15(9-16)12-26(2)24/h3-10,13H,12H2,1-2H3,(H,21,22)/t13-,26+/m1/s1. The molecule has 0 aliphatic carbocycles. The first-order valence-corrected chi connectivity index (χ1v) is 9.52. The topological polar surface area (TPSA) is 96.3 Å². The first-order chi connectivity index (χ1) is 12.4. The summed E-state index contributed by atoms with van der Waals surface area (Å²) in [6, 6.07) is 15.0. The van der Waals surface area contributed by atoms with Crippen molar-refractivity contribution in [3.63, 3.8) is 0 Å². The second-order valence-electron chi connectivity index (χ2n) is 5.65. The van der Waals surface area contributed by atoms with E-state index in [1.54, 1.807) is 48.7 Å². The first kappa shape index (κ1) is 19.3. The molecule has 134 valence electrons. The van der Waals surface area contributed by atoms with Crippen LogP contribution in [-0.2, 0) is 26.1 Å². The number of amides is 1. The Morgan fingerprint density at radius 2 is 1.96 bits per heavy atom. The highest BCUT2D eigenvalue weighted by atomic mass is 32.2. The molecule has 0 saturated carbocycles. The SMILES string of the molecule is C[C@@H](OC(=O)c1cccc(C[S@](C)=O)c1)C(=O)Nc1cccc(C#N)c1. The highest BCUT2D eigenvalue weighted by Crippen LogP contribution is 2.13. The van der Waals surface area contributed by atoms with Gasteiger partial charge < -0.3 is 10.1 Å². The second kappa shape index (κ2) is 8.92. The summed E-state index contributed by atoms with van der Waals surface area (Å²) in [4.78, 5) is 24.4. The smallest absolute Gasteiger partial charge is 0.338 e. The van der Waals surface area contributed by atoms with Crippen LogP contribution in [0.5, 0.6) is 0 Å². The zero-order valence-corrected chi connectivity index (χ0v) is 15.2. The van der Waals surface area contributed by atoms with Crippen LogP contribution in [0.3, 0.4) is 0 Å². The summed E-state index contributed by atoms with van der Waals surface area (Å²) in [6.07, 6.45) is 0.566. The average Bonchev–Trinajstić information content (AvgIpc) is 2.61. The van der Waals surface area contributed by atoms with Crippen LogP contribution in [0.1, 0.15) is 28.4 Å². The number of hydrogen-bond acceptors (Lipinski definition) is 5. The van der Waals surface area contributed by atoms with E-state index in [-0.39, 0.29) is 0 Å². The van der Waals surface area contributed by atoms with Gasteiger partial charge in [-0.15, -0.1) is 0 Å². The summed E-state index contributed by atoms with van der Waals surface area (Å²) in [6.45, 7) is 1.46. The number of esters is 1. The van der Waals surface area contributed by atoms with Gasteiger partial charge in [-0.05, 0) is 42.8 Å². The molecule has 26 heavy (non-hydrogen) atoms. The molecular weight excluding hydrogens is 352 g/mol. The van der Waals surface area contributed by atoms with Crippen molar-refractivity contribution in [2.45, 2.75) is 18.8 Å². The van der Waals surface area contributed by atoms with Gasteiger partial charge in [0.05, 0.1) is 17.2 Å². The van der Waals surface area contributed by atoms with Crippen LogP contribution in [-0.4, -0.2) is 28.4 Å². The predicted octanol–water partition coefficient (Wildman–Crippen LogP) is 2.62. The number of benzene rings is 2. The largest absolute Gasteiger partial charge is 0.449 e. The minimum Gasteiger partial charge on any atom is -0.449 e. The van der Waals surface area contributed by atoms with E-state index < -0.39 is 28.8 Å². The molecule has 2 atom stereocenters. The molecule has 1 amide bonds. The van der Waals surface area contributed by atoms with E-state index in [2.05, 4.69) is 5.32 Å². The summed E-state index contributed by atoms with van der Waals surface area (Å²) < 4.78 is 16.5. The summed E-state index contributed by atoms with van der Waals surface area (Å²) in [7, 11) is -1.02. The van der Waals surface area contributed by atoms with Crippen molar-refractivity contribution in [2.24, 2.45) is 0 Å². The van der Waals surface area contributed by atoms with Crippen molar-refractivity contribution in [3.05, 3.63) is 65.2 Å². The van der Waals surface area contributed by atoms with E-state index in [0.717, 1.165) is 5.56 Å². The predicted molar refractivity (Wildman–Crippen MR) is 98.9 cm³/mol. The zero-order chi connectivity index (χ0) is 19.1. The Hall–Kier alpha value is -2.98. The fourth-order valence-corrected chi connectivity index (χ4v) is 2.86. The second-order valence-corrected chi connectivity index (χ2v) is 7.08. The van der Waals surface area contributed by atoms with Gasteiger partial charge >= 0.3 is 5.97 Å². The molecule has 0 unspecified atom stereocenters. The molecule has 0 saturated heterocycles. The number of anilines is 1. The highest BCUT2D eigenvalue weighted by molar-refractivity contribution is 7.83. The quantitative estimate of drug-likeness (QED) is 0.789.